The van der Waals surface area contributed by atoms with Crippen molar-refractivity contribution >= 4 is 11.6 Å². The van der Waals surface area contributed by atoms with Gasteiger partial charge in [0.05, 0.1) is 6.10 Å². The number of terminal acetylenes is 1. The first-order valence-corrected chi connectivity index (χ1v) is 4.14. The van der Waals surface area contributed by atoms with Crippen LogP contribution >= 0.6 is 11.6 Å². The van der Waals surface area contributed by atoms with Crippen LogP contribution < -0.4 is 5.32 Å². The molecule has 0 saturated carbocycles. The van der Waals surface area contributed by atoms with Gasteiger partial charge in [0.25, 0.3) is 0 Å². The summed E-state index contributed by atoms with van der Waals surface area (Å²) in [5.41, 5.74) is 0. The smallest absolute Gasteiger partial charge is 0.0668 e. The highest BCUT2D eigenvalue weighted by molar-refractivity contribution is 6.18. The number of hydrogen-bond donors (Lipinski definition) is 2. The normalized spacial score (nSPS) is 30.2. The van der Waals surface area contributed by atoms with Gasteiger partial charge >= 0.3 is 0 Å². The Labute approximate surface area is 72.9 Å². The topological polar surface area (TPSA) is 32.3 Å². The van der Waals surface area contributed by atoms with Gasteiger partial charge in [-0.15, -0.1) is 24.4 Å². The minimum absolute atomic E-state index is 0.178. The Balaban J connectivity index is 0.000000461. The van der Waals surface area contributed by atoms with Crippen LogP contribution in [0.2, 0.25) is 0 Å². The lowest BCUT2D eigenvalue weighted by molar-refractivity contribution is 0.120. The zero-order valence-electron chi connectivity index (χ0n) is 6.46. The van der Waals surface area contributed by atoms with Gasteiger partial charge in [0, 0.05) is 12.4 Å². The predicted octanol–water partition coefficient (Wildman–Crippen LogP) is 0.445. The average molecular weight is 176 g/mol. The van der Waals surface area contributed by atoms with E-state index >= 15 is 0 Å². The summed E-state index contributed by atoms with van der Waals surface area (Å²) in [5, 5.41) is 12.2. The van der Waals surface area contributed by atoms with Gasteiger partial charge in [-0.2, -0.15) is 0 Å². The fourth-order valence-corrected chi connectivity index (χ4v) is 1.36. The summed E-state index contributed by atoms with van der Waals surface area (Å²) in [7, 11) is 0. The zero-order chi connectivity index (χ0) is 8.69. The quantitative estimate of drug-likeness (QED) is 0.448. The second-order valence-electron chi connectivity index (χ2n) is 2.57. The lowest BCUT2D eigenvalue weighted by Crippen LogP contribution is -2.39. The van der Waals surface area contributed by atoms with Gasteiger partial charge in [-0.05, 0) is 18.9 Å². The van der Waals surface area contributed by atoms with Crippen molar-refractivity contribution in [3.05, 3.63) is 0 Å². The molecule has 0 amide bonds. The van der Waals surface area contributed by atoms with E-state index in [1.807, 2.05) is 0 Å². The van der Waals surface area contributed by atoms with E-state index in [4.69, 9.17) is 16.7 Å². The van der Waals surface area contributed by atoms with Crippen molar-refractivity contribution in [2.24, 2.45) is 5.92 Å². The highest BCUT2D eigenvalue weighted by Gasteiger charge is 2.17. The third-order valence-corrected chi connectivity index (χ3v) is 2.07. The molecule has 2 N–H and O–H groups in total. The van der Waals surface area contributed by atoms with Crippen LogP contribution in [-0.4, -0.2) is 30.2 Å². The molecule has 1 aliphatic heterocycles. The van der Waals surface area contributed by atoms with Crippen LogP contribution in [0.15, 0.2) is 0 Å². The van der Waals surface area contributed by atoms with E-state index in [1.54, 1.807) is 0 Å². The summed E-state index contributed by atoms with van der Waals surface area (Å²) in [6.07, 6.45) is 8.68. The molecule has 11 heavy (non-hydrogen) atoms. The van der Waals surface area contributed by atoms with Crippen LogP contribution in [0, 0.1) is 18.8 Å². The van der Waals surface area contributed by atoms with Crippen molar-refractivity contribution in [1.82, 2.24) is 5.32 Å². The number of nitrogens with one attached hydrogen (secondary N) is 1. The van der Waals surface area contributed by atoms with E-state index in [9.17, 15) is 0 Å². The fraction of sp³-hybridized carbons (Fsp3) is 0.750. The van der Waals surface area contributed by atoms with Crippen LogP contribution in [0.3, 0.4) is 0 Å². The van der Waals surface area contributed by atoms with E-state index in [1.165, 1.54) is 0 Å². The Morgan fingerprint density at radius 2 is 2.09 bits per heavy atom. The first kappa shape index (κ1) is 10.8. The van der Waals surface area contributed by atoms with Crippen molar-refractivity contribution in [3.63, 3.8) is 0 Å². The van der Waals surface area contributed by atoms with E-state index in [0.717, 1.165) is 19.5 Å². The molecule has 0 bridgehead atoms. The minimum atomic E-state index is -0.178. The van der Waals surface area contributed by atoms with E-state index < -0.39 is 0 Å². The summed E-state index contributed by atoms with van der Waals surface area (Å²) < 4.78 is 0. The number of β-amino-alcohol motifs (C(OH)–C–C–N with tert-alkyl or cyclic N) is 1. The molecule has 1 heterocycles. The molecule has 1 fully saturated rings. The molecule has 64 valence electrons. The van der Waals surface area contributed by atoms with E-state index in [-0.39, 0.29) is 6.10 Å². The van der Waals surface area contributed by atoms with Gasteiger partial charge in [0.2, 0.25) is 0 Å². The first-order chi connectivity index (χ1) is 5.33. The second-order valence-corrected chi connectivity index (χ2v) is 2.88. The van der Waals surface area contributed by atoms with Crippen LogP contribution in [0.1, 0.15) is 6.42 Å². The number of aliphatic hydroxyl groups excluding tert-OH is 1. The molecule has 1 aliphatic rings. The molecule has 0 aromatic carbocycles. The summed E-state index contributed by atoms with van der Waals surface area (Å²) >= 11 is 5.59. The van der Waals surface area contributed by atoms with Gasteiger partial charge in [-0.3, -0.25) is 0 Å². The SMILES string of the molecule is C#C.O[C@@H]1CNC[C@H](CCl)C1. The Bertz CT molecular complexity index is 116. The number of piperidine rings is 1. The highest BCUT2D eigenvalue weighted by Crippen LogP contribution is 2.11. The zero-order valence-corrected chi connectivity index (χ0v) is 7.22. The third-order valence-electron chi connectivity index (χ3n) is 1.64. The van der Waals surface area contributed by atoms with Crippen molar-refractivity contribution in [1.29, 1.82) is 0 Å². The van der Waals surface area contributed by atoms with Gasteiger partial charge in [0.1, 0.15) is 0 Å². The molecule has 0 radical (unpaired) electrons. The highest BCUT2D eigenvalue weighted by atomic mass is 35.5. The Kier molecular flexibility index (Phi) is 6.34. The largest absolute Gasteiger partial charge is 0.392 e. The van der Waals surface area contributed by atoms with Crippen molar-refractivity contribution in [3.8, 4) is 12.8 Å². The maximum Gasteiger partial charge on any atom is 0.0668 e. The lowest BCUT2D eigenvalue weighted by Gasteiger charge is -2.24. The van der Waals surface area contributed by atoms with Crippen LogP contribution in [0.25, 0.3) is 0 Å². The lowest BCUT2D eigenvalue weighted by atomic mass is 10.00. The molecule has 3 heteroatoms. The second kappa shape index (κ2) is 6.48. The first-order valence-electron chi connectivity index (χ1n) is 3.61. The standard InChI is InChI=1S/C6H12ClNO.C2H2/c7-2-5-1-6(9)4-8-3-5;1-2/h5-6,8-9H,1-4H2;1-2H/t5-,6-;/m0./s1. The monoisotopic (exact) mass is 175 g/mol. The number of alkyl halides is 1. The predicted molar refractivity (Wildman–Crippen MR) is 47.6 cm³/mol. The maximum atomic E-state index is 9.09. The Hall–Kier alpha value is -0.230. The van der Waals surface area contributed by atoms with Crippen molar-refractivity contribution < 1.29 is 5.11 Å². The summed E-state index contributed by atoms with van der Waals surface area (Å²) in [5.74, 6) is 1.12. The molecule has 1 rings (SSSR count). The Morgan fingerprint density at radius 1 is 1.45 bits per heavy atom. The molecular formula is C8H14ClNO. The third kappa shape index (κ3) is 4.26. The summed E-state index contributed by atoms with van der Waals surface area (Å²) in [6, 6.07) is 0. The molecule has 0 aliphatic carbocycles. The number of hydrogen-bond acceptors (Lipinski definition) is 2. The maximum absolute atomic E-state index is 9.09. The van der Waals surface area contributed by atoms with Crippen LogP contribution in [0.5, 0.6) is 0 Å². The number of rotatable bonds is 1. The van der Waals surface area contributed by atoms with Gasteiger partial charge in [-0.25, -0.2) is 0 Å². The fourth-order valence-electron chi connectivity index (χ4n) is 1.12. The Morgan fingerprint density at radius 3 is 2.45 bits per heavy atom. The van der Waals surface area contributed by atoms with E-state index in [2.05, 4.69) is 18.2 Å². The summed E-state index contributed by atoms with van der Waals surface area (Å²) in [6.45, 7) is 1.69. The average Bonchev–Trinajstić information content (AvgIpc) is 2.08. The molecule has 0 spiro atoms. The van der Waals surface area contributed by atoms with Crippen molar-refractivity contribution in [2.75, 3.05) is 19.0 Å². The van der Waals surface area contributed by atoms with Gasteiger partial charge in [0.15, 0.2) is 0 Å². The molecule has 0 aromatic rings. The van der Waals surface area contributed by atoms with Crippen molar-refractivity contribution in [2.45, 2.75) is 12.5 Å². The molecule has 2 nitrogen and oxygen atoms in total. The number of aliphatic hydroxyl groups is 1. The van der Waals surface area contributed by atoms with Crippen LogP contribution in [-0.2, 0) is 0 Å². The molecule has 2 atom stereocenters. The van der Waals surface area contributed by atoms with Gasteiger partial charge < -0.3 is 10.4 Å². The van der Waals surface area contributed by atoms with Crippen LogP contribution in [0.4, 0.5) is 0 Å². The molecule has 0 unspecified atom stereocenters. The van der Waals surface area contributed by atoms with Gasteiger partial charge in [-0.1, -0.05) is 0 Å². The molecule has 0 aromatic heterocycles. The molecule has 1 saturated heterocycles. The van der Waals surface area contributed by atoms with E-state index in [0.29, 0.717) is 11.8 Å². The minimum Gasteiger partial charge on any atom is -0.392 e. The molecular weight excluding hydrogens is 162 g/mol. The summed E-state index contributed by atoms with van der Waals surface area (Å²) in [4.78, 5) is 0. The number of halogens is 1.